The van der Waals surface area contributed by atoms with Gasteiger partial charge in [0, 0.05) is 13.1 Å². The van der Waals surface area contributed by atoms with Crippen molar-refractivity contribution in [3.05, 3.63) is 0 Å². The van der Waals surface area contributed by atoms with Crippen molar-refractivity contribution in [1.82, 2.24) is 10.6 Å². The highest BCUT2D eigenvalue weighted by Gasteiger charge is 2.27. The summed E-state index contributed by atoms with van der Waals surface area (Å²) in [5.41, 5.74) is 0. The lowest BCUT2D eigenvalue weighted by Gasteiger charge is -2.09. The van der Waals surface area contributed by atoms with Gasteiger partial charge in [-0.1, -0.05) is 0 Å². The lowest BCUT2D eigenvalue weighted by Crippen LogP contribution is -2.38. The van der Waals surface area contributed by atoms with E-state index < -0.39 is 24.8 Å². The molecule has 6 nitrogen and oxygen atoms in total. The van der Waals surface area contributed by atoms with Crippen LogP contribution < -0.4 is 10.6 Å². The Morgan fingerprint density at radius 3 is 2.29 bits per heavy atom. The Hall–Kier alpha value is -1.51. The first kappa shape index (κ1) is 15.5. The van der Waals surface area contributed by atoms with Crippen LogP contribution in [0.3, 0.4) is 0 Å². The maximum absolute atomic E-state index is 11.6. The number of urea groups is 1. The molecule has 3 N–H and O–H groups in total. The van der Waals surface area contributed by atoms with E-state index in [0.717, 1.165) is 0 Å². The number of rotatable bonds is 7. The molecule has 0 aliphatic rings. The van der Waals surface area contributed by atoms with Crippen LogP contribution >= 0.6 is 0 Å². The maximum atomic E-state index is 11.6. The number of aliphatic carboxylic acids is 1. The van der Waals surface area contributed by atoms with E-state index in [1.807, 2.05) is 0 Å². The number of carbonyl (C=O) groups is 2. The van der Waals surface area contributed by atoms with Gasteiger partial charge < -0.3 is 20.5 Å². The summed E-state index contributed by atoms with van der Waals surface area (Å²) < 4.78 is 39.0. The Kier molecular flexibility index (Phi) is 7.03. The summed E-state index contributed by atoms with van der Waals surface area (Å²) in [4.78, 5) is 21.0. The van der Waals surface area contributed by atoms with E-state index in [0.29, 0.717) is 0 Å². The fraction of sp³-hybridized carbons (Fsp3) is 0.750. The fourth-order valence-electron chi connectivity index (χ4n) is 0.770. The van der Waals surface area contributed by atoms with Gasteiger partial charge in [0.15, 0.2) is 0 Å². The Labute approximate surface area is 95.1 Å². The lowest BCUT2D eigenvalue weighted by atomic mass is 10.4. The number of amides is 2. The van der Waals surface area contributed by atoms with Gasteiger partial charge in [-0.05, 0) is 0 Å². The standard InChI is InChI=1S/C8H13F3N2O4/c9-8(10,11)5-17-4-3-13-7(16)12-2-1-6(14)15/h1-5H2,(H,14,15)(H2,12,13,16). The number of nitrogens with one attached hydrogen (secondary N) is 2. The number of ether oxygens (including phenoxy) is 1. The van der Waals surface area contributed by atoms with Crippen molar-refractivity contribution in [2.24, 2.45) is 0 Å². The van der Waals surface area contributed by atoms with Crippen molar-refractivity contribution in [1.29, 1.82) is 0 Å². The average molecular weight is 258 g/mol. The van der Waals surface area contributed by atoms with Crippen LogP contribution in [0.25, 0.3) is 0 Å². The van der Waals surface area contributed by atoms with Crippen molar-refractivity contribution < 1.29 is 32.6 Å². The largest absolute Gasteiger partial charge is 0.481 e. The highest BCUT2D eigenvalue weighted by atomic mass is 19.4. The van der Waals surface area contributed by atoms with E-state index in [1.54, 1.807) is 0 Å². The molecular formula is C8H13F3N2O4. The van der Waals surface area contributed by atoms with Gasteiger partial charge in [0.05, 0.1) is 13.0 Å². The lowest BCUT2D eigenvalue weighted by molar-refractivity contribution is -0.173. The van der Waals surface area contributed by atoms with E-state index in [2.05, 4.69) is 15.4 Å². The summed E-state index contributed by atoms with van der Waals surface area (Å²) in [6.07, 6.45) is -4.61. The molecule has 9 heteroatoms. The molecule has 0 rings (SSSR count). The molecule has 0 spiro atoms. The minimum atomic E-state index is -4.39. The van der Waals surface area contributed by atoms with E-state index >= 15 is 0 Å². The molecule has 0 saturated heterocycles. The number of hydrogen-bond acceptors (Lipinski definition) is 3. The summed E-state index contributed by atoms with van der Waals surface area (Å²) in [7, 11) is 0. The molecule has 0 aromatic carbocycles. The highest BCUT2D eigenvalue weighted by molar-refractivity contribution is 5.74. The topological polar surface area (TPSA) is 87.7 Å². The Morgan fingerprint density at radius 1 is 1.18 bits per heavy atom. The average Bonchev–Trinajstić information content (AvgIpc) is 2.14. The number of carboxylic acids is 1. The smallest absolute Gasteiger partial charge is 0.411 e. The number of hydrogen-bond donors (Lipinski definition) is 3. The second kappa shape index (κ2) is 7.71. The SMILES string of the molecule is O=C(O)CCNC(=O)NCCOCC(F)(F)F. The van der Waals surface area contributed by atoms with Gasteiger partial charge in [-0.15, -0.1) is 0 Å². The second-order valence-corrected chi connectivity index (χ2v) is 2.99. The third-order valence-electron chi connectivity index (χ3n) is 1.42. The van der Waals surface area contributed by atoms with E-state index in [1.165, 1.54) is 0 Å². The van der Waals surface area contributed by atoms with Crippen LogP contribution in [0.1, 0.15) is 6.42 Å². The van der Waals surface area contributed by atoms with Gasteiger partial charge in [-0.3, -0.25) is 4.79 Å². The quantitative estimate of drug-likeness (QED) is 0.574. The molecular weight excluding hydrogens is 245 g/mol. The number of alkyl halides is 3. The predicted octanol–water partition coefficient (Wildman–Crippen LogP) is 0.339. The van der Waals surface area contributed by atoms with Gasteiger partial charge in [-0.25, -0.2) is 4.79 Å². The van der Waals surface area contributed by atoms with Crippen molar-refractivity contribution >= 4 is 12.0 Å². The molecule has 0 atom stereocenters. The monoisotopic (exact) mass is 258 g/mol. The molecule has 0 aliphatic carbocycles. The van der Waals surface area contributed by atoms with Gasteiger partial charge >= 0.3 is 18.2 Å². The summed E-state index contributed by atoms with van der Waals surface area (Å²) in [6, 6.07) is -0.651. The first-order valence-electron chi connectivity index (χ1n) is 4.69. The molecule has 0 aliphatic heterocycles. The van der Waals surface area contributed by atoms with Crippen LogP contribution in [0.15, 0.2) is 0 Å². The number of carbonyl (C=O) groups excluding carboxylic acids is 1. The molecule has 100 valence electrons. The predicted molar refractivity (Wildman–Crippen MR) is 50.5 cm³/mol. The van der Waals surface area contributed by atoms with E-state index in [-0.39, 0.29) is 26.1 Å². The van der Waals surface area contributed by atoms with Gasteiger partial charge in [0.1, 0.15) is 6.61 Å². The van der Waals surface area contributed by atoms with Crippen molar-refractivity contribution in [2.75, 3.05) is 26.3 Å². The molecule has 0 aromatic rings. The van der Waals surface area contributed by atoms with Gasteiger partial charge in [0.2, 0.25) is 0 Å². The number of halogens is 3. The normalized spacial score (nSPS) is 11.0. The third-order valence-corrected chi connectivity index (χ3v) is 1.42. The number of carboxylic acid groups (broad SMARTS) is 1. The van der Waals surface area contributed by atoms with Crippen LogP contribution in [0.5, 0.6) is 0 Å². The van der Waals surface area contributed by atoms with E-state index in [9.17, 15) is 22.8 Å². The zero-order chi connectivity index (χ0) is 13.3. The molecule has 0 aromatic heterocycles. The minimum absolute atomic E-state index is 0.0510. The Balaban J connectivity index is 3.37. The molecule has 0 saturated carbocycles. The minimum Gasteiger partial charge on any atom is -0.481 e. The van der Waals surface area contributed by atoms with E-state index in [4.69, 9.17) is 5.11 Å². The van der Waals surface area contributed by atoms with Crippen LogP contribution in [0.4, 0.5) is 18.0 Å². The Morgan fingerprint density at radius 2 is 1.76 bits per heavy atom. The van der Waals surface area contributed by atoms with Crippen LogP contribution in [0, 0.1) is 0 Å². The fourth-order valence-corrected chi connectivity index (χ4v) is 0.770. The second-order valence-electron chi connectivity index (χ2n) is 2.99. The first-order chi connectivity index (χ1) is 7.81. The van der Waals surface area contributed by atoms with Gasteiger partial charge in [-0.2, -0.15) is 13.2 Å². The Bertz CT molecular complexity index is 258. The van der Waals surface area contributed by atoms with Gasteiger partial charge in [0.25, 0.3) is 0 Å². The molecule has 0 heterocycles. The van der Waals surface area contributed by atoms with Crippen molar-refractivity contribution in [3.63, 3.8) is 0 Å². The molecule has 0 radical (unpaired) electrons. The summed E-state index contributed by atoms with van der Waals surface area (Å²) in [6.45, 7) is -1.78. The van der Waals surface area contributed by atoms with Crippen LogP contribution in [0.2, 0.25) is 0 Å². The summed E-state index contributed by atoms with van der Waals surface area (Å²) >= 11 is 0. The third kappa shape index (κ3) is 12.4. The molecule has 0 bridgehead atoms. The molecule has 17 heavy (non-hydrogen) atoms. The zero-order valence-electron chi connectivity index (χ0n) is 8.84. The van der Waals surface area contributed by atoms with Crippen molar-refractivity contribution in [3.8, 4) is 0 Å². The first-order valence-corrected chi connectivity index (χ1v) is 4.69. The van der Waals surface area contributed by atoms with Crippen LogP contribution in [-0.2, 0) is 9.53 Å². The van der Waals surface area contributed by atoms with Crippen molar-refractivity contribution in [2.45, 2.75) is 12.6 Å². The zero-order valence-corrected chi connectivity index (χ0v) is 8.84. The molecule has 2 amide bonds. The highest BCUT2D eigenvalue weighted by Crippen LogP contribution is 2.13. The molecule has 0 fully saturated rings. The summed E-state index contributed by atoms with van der Waals surface area (Å²) in [5.74, 6) is -1.06. The van der Waals surface area contributed by atoms with Crippen LogP contribution in [-0.4, -0.2) is 49.6 Å². The molecule has 0 unspecified atom stereocenters. The summed E-state index contributed by atoms with van der Waals surface area (Å²) in [5, 5.41) is 12.7. The maximum Gasteiger partial charge on any atom is 0.411 e.